The van der Waals surface area contributed by atoms with Crippen molar-refractivity contribution in [3.8, 4) is 0 Å². The Hall–Kier alpha value is -3.39. The Morgan fingerprint density at radius 1 is 1.00 bits per heavy atom. The number of anilines is 1. The number of primary amides is 1. The molecule has 0 aliphatic rings. The summed E-state index contributed by atoms with van der Waals surface area (Å²) in [6.07, 6.45) is -0.100. The van der Waals surface area contributed by atoms with Crippen LogP contribution in [0, 0.1) is 0 Å². The predicted molar refractivity (Wildman–Crippen MR) is 103 cm³/mol. The number of carbonyl (C=O) groups is 4. The molecule has 8 nitrogen and oxygen atoms in total. The molecule has 0 heterocycles. The Balaban J connectivity index is 1.69. The van der Waals surface area contributed by atoms with E-state index in [9.17, 15) is 19.2 Å². The molecule has 2 aromatic rings. The zero-order chi connectivity index (χ0) is 20.5. The van der Waals surface area contributed by atoms with Crippen molar-refractivity contribution in [3.05, 3.63) is 64.7 Å². The maximum Gasteiger partial charge on any atom is 0.308 e. The van der Waals surface area contributed by atoms with Crippen LogP contribution in [-0.2, 0) is 14.3 Å². The van der Waals surface area contributed by atoms with E-state index in [0.29, 0.717) is 21.8 Å². The second-order valence-electron chi connectivity index (χ2n) is 5.64. The van der Waals surface area contributed by atoms with Crippen LogP contribution in [0.5, 0.6) is 0 Å². The van der Waals surface area contributed by atoms with Crippen molar-refractivity contribution >= 4 is 41.0 Å². The van der Waals surface area contributed by atoms with Crippen molar-refractivity contribution in [2.24, 2.45) is 5.73 Å². The minimum Gasteiger partial charge on any atom is -0.456 e. The lowest BCUT2D eigenvalue weighted by molar-refractivity contribution is -0.147. The molecule has 4 N–H and O–H groups in total. The van der Waals surface area contributed by atoms with Gasteiger partial charge in [-0.2, -0.15) is 0 Å². The second kappa shape index (κ2) is 10.1. The second-order valence-corrected chi connectivity index (χ2v) is 6.04. The van der Waals surface area contributed by atoms with Crippen molar-refractivity contribution in [1.82, 2.24) is 5.32 Å². The lowest BCUT2D eigenvalue weighted by atomic mass is 10.2. The maximum atomic E-state index is 11.9. The molecule has 0 saturated carbocycles. The van der Waals surface area contributed by atoms with Gasteiger partial charge >= 0.3 is 5.97 Å². The molecular formula is C19H18ClN3O5. The number of rotatable bonds is 8. The van der Waals surface area contributed by atoms with Gasteiger partial charge in [-0.05, 0) is 36.4 Å². The summed E-state index contributed by atoms with van der Waals surface area (Å²) >= 11 is 5.92. The van der Waals surface area contributed by atoms with Crippen molar-refractivity contribution in [1.29, 1.82) is 0 Å². The van der Waals surface area contributed by atoms with E-state index < -0.39 is 30.3 Å². The van der Waals surface area contributed by atoms with E-state index in [4.69, 9.17) is 22.1 Å². The van der Waals surface area contributed by atoms with Gasteiger partial charge in [-0.3, -0.25) is 19.2 Å². The molecule has 2 rings (SSSR count). The molecule has 2 aromatic carbocycles. The van der Waals surface area contributed by atoms with Crippen LogP contribution in [-0.4, -0.2) is 36.8 Å². The highest BCUT2D eigenvalue weighted by atomic mass is 35.5. The fraction of sp³-hybridized carbons (Fsp3) is 0.158. The van der Waals surface area contributed by atoms with Crippen LogP contribution in [0.3, 0.4) is 0 Å². The van der Waals surface area contributed by atoms with Gasteiger partial charge in [0.2, 0.25) is 5.91 Å². The van der Waals surface area contributed by atoms with Crippen molar-refractivity contribution in [3.63, 3.8) is 0 Å². The highest BCUT2D eigenvalue weighted by Gasteiger charge is 2.11. The number of halogens is 1. The molecule has 28 heavy (non-hydrogen) atoms. The lowest BCUT2D eigenvalue weighted by Gasteiger charge is -2.08. The largest absolute Gasteiger partial charge is 0.456 e. The smallest absolute Gasteiger partial charge is 0.308 e. The van der Waals surface area contributed by atoms with E-state index in [0.717, 1.165) is 0 Å². The summed E-state index contributed by atoms with van der Waals surface area (Å²) in [4.78, 5) is 46.4. The Bertz CT molecular complexity index is 883. The standard InChI is InChI=1S/C19H18ClN3O5/c20-15-4-2-1-3-14(15)19(27)22-10-9-17(25)28-11-16(24)23-13-7-5-12(6-8-13)18(21)26/h1-8H,9-11H2,(H2,21,26)(H,22,27)(H,23,24). The summed E-state index contributed by atoms with van der Waals surface area (Å²) in [5.74, 6) is -2.16. The molecule has 0 fully saturated rings. The summed E-state index contributed by atoms with van der Waals surface area (Å²) in [6.45, 7) is -0.437. The number of esters is 1. The van der Waals surface area contributed by atoms with Gasteiger partial charge in [0.25, 0.3) is 11.8 Å². The average Bonchev–Trinajstić information content (AvgIpc) is 2.67. The maximum absolute atomic E-state index is 11.9. The molecule has 0 unspecified atom stereocenters. The first-order valence-electron chi connectivity index (χ1n) is 8.25. The topological polar surface area (TPSA) is 128 Å². The van der Waals surface area contributed by atoms with E-state index in [1.165, 1.54) is 24.3 Å². The van der Waals surface area contributed by atoms with Gasteiger partial charge in [0, 0.05) is 17.8 Å². The van der Waals surface area contributed by atoms with Crippen LogP contribution in [0.4, 0.5) is 5.69 Å². The van der Waals surface area contributed by atoms with Gasteiger partial charge in [0.05, 0.1) is 17.0 Å². The van der Waals surface area contributed by atoms with Crippen LogP contribution < -0.4 is 16.4 Å². The van der Waals surface area contributed by atoms with Gasteiger partial charge in [-0.25, -0.2) is 0 Å². The number of benzene rings is 2. The van der Waals surface area contributed by atoms with Gasteiger partial charge < -0.3 is 21.1 Å². The first kappa shape index (κ1) is 20.9. The molecule has 0 aliphatic carbocycles. The number of hydrogen-bond acceptors (Lipinski definition) is 5. The Morgan fingerprint density at radius 2 is 1.68 bits per heavy atom. The van der Waals surface area contributed by atoms with Crippen LogP contribution in [0.15, 0.2) is 48.5 Å². The quantitative estimate of drug-likeness (QED) is 0.578. The zero-order valence-electron chi connectivity index (χ0n) is 14.7. The van der Waals surface area contributed by atoms with E-state index in [-0.39, 0.29) is 13.0 Å². The molecule has 3 amide bonds. The van der Waals surface area contributed by atoms with Crippen LogP contribution >= 0.6 is 11.6 Å². The third kappa shape index (κ3) is 6.40. The molecule has 9 heteroatoms. The SMILES string of the molecule is NC(=O)c1ccc(NC(=O)COC(=O)CCNC(=O)c2ccccc2Cl)cc1. The number of hydrogen-bond donors (Lipinski definition) is 3. The summed E-state index contributed by atoms with van der Waals surface area (Å²) in [5.41, 5.74) is 6.17. The first-order valence-corrected chi connectivity index (χ1v) is 8.62. The minimum absolute atomic E-state index is 0.0408. The molecule has 0 saturated heterocycles. The van der Waals surface area contributed by atoms with E-state index in [2.05, 4.69) is 10.6 Å². The number of nitrogens with one attached hydrogen (secondary N) is 2. The van der Waals surface area contributed by atoms with Crippen molar-refractivity contribution in [2.75, 3.05) is 18.5 Å². The monoisotopic (exact) mass is 403 g/mol. The van der Waals surface area contributed by atoms with Gasteiger partial charge in [-0.15, -0.1) is 0 Å². The molecule has 0 bridgehead atoms. The number of ether oxygens (including phenoxy) is 1. The minimum atomic E-state index is -0.640. The third-order valence-electron chi connectivity index (χ3n) is 3.55. The molecule has 0 aliphatic heterocycles. The summed E-state index contributed by atoms with van der Waals surface area (Å²) in [5, 5.41) is 5.37. The number of amides is 3. The first-order chi connectivity index (χ1) is 13.4. The molecule has 0 atom stereocenters. The molecule has 0 spiro atoms. The van der Waals surface area contributed by atoms with Crippen LogP contribution in [0.2, 0.25) is 5.02 Å². The van der Waals surface area contributed by atoms with Crippen molar-refractivity contribution < 1.29 is 23.9 Å². The summed E-state index contributed by atoms with van der Waals surface area (Å²) in [6, 6.07) is 12.5. The highest BCUT2D eigenvalue weighted by Crippen LogP contribution is 2.14. The van der Waals surface area contributed by atoms with Crippen LogP contribution in [0.25, 0.3) is 0 Å². The van der Waals surface area contributed by atoms with E-state index >= 15 is 0 Å². The van der Waals surface area contributed by atoms with Gasteiger partial charge in [0.15, 0.2) is 6.61 Å². The predicted octanol–water partition coefficient (Wildman–Crippen LogP) is 1.74. The molecule has 0 radical (unpaired) electrons. The number of nitrogens with two attached hydrogens (primary N) is 1. The number of carbonyl (C=O) groups excluding carboxylic acids is 4. The zero-order valence-corrected chi connectivity index (χ0v) is 15.5. The Labute approximate surface area is 166 Å². The summed E-state index contributed by atoms with van der Waals surface area (Å²) < 4.78 is 4.85. The highest BCUT2D eigenvalue weighted by molar-refractivity contribution is 6.33. The van der Waals surface area contributed by atoms with Crippen LogP contribution in [0.1, 0.15) is 27.1 Å². The lowest BCUT2D eigenvalue weighted by Crippen LogP contribution is -2.28. The summed E-state index contributed by atoms with van der Waals surface area (Å²) in [7, 11) is 0. The van der Waals surface area contributed by atoms with Gasteiger partial charge in [-0.1, -0.05) is 23.7 Å². The Morgan fingerprint density at radius 3 is 2.32 bits per heavy atom. The third-order valence-corrected chi connectivity index (χ3v) is 3.88. The fourth-order valence-electron chi connectivity index (χ4n) is 2.15. The van der Waals surface area contributed by atoms with Crippen molar-refractivity contribution in [2.45, 2.75) is 6.42 Å². The Kier molecular flexibility index (Phi) is 7.53. The van der Waals surface area contributed by atoms with Gasteiger partial charge in [0.1, 0.15) is 0 Å². The average molecular weight is 404 g/mol. The van der Waals surface area contributed by atoms with E-state index in [1.54, 1.807) is 24.3 Å². The molecule has 0 aromatic heterocycles. The molecular weight excluding hydrogens is 386 g/mol. The normalized spacial score (nSPS) is 10.0. The van der Waals surface area contributed by atoms with E-state index in [1.807, 2.05) is 0 Å². The fourth-order valence-corrected chi connectivity index (χ4v) is 2.37. The molecule has 146 valence electrons.